The average Bonchev–Trinajstić information content (AvgIpc) is 2.21. The normalized spacial score (nSPS) is 9.88. The van der Waals surface area contributed by atoms with E-state index >= 15 is 0 Å². The third-order valence-corrected chi connectivity index (χ3v) is 2.60. The van der Waals surface area contributed by atoms with E-state index in [1.54, 1.807) is 19.1 Å². The third-order valence-electron chi connectivity index (χ3n) is 2.05. The van der Waals surface area contributed by atoms with E-state index in [1.807, 2.05) is 6.26 Å². The van der Waals surface area contributed by atoms with E-state index in [0.717, 1.165) is 0 Å². The van der Waals surface area contributed by atoms with Crippen molar-refractivity contribution in [2.24, 2.45) is 0 Å². The Morgan fingerprint density at radius 1 is 1.56 bits per heavy atom. The van der Waals surface area contributed by atoms with Crippen molar-refractivity contribution in [1.29, 1.82) is 0 Å². The fourth-order valence-corrected chi connectivity index (χ4v) is 1.61. The van der Waals surface area contributed by atoms with E-state index in [9.17, 15) is 14.9 Å². The molecule has 0 saturated carbocycles. The van der Waals surface area contributed by atoms with Gasteiger partial charge in [-0.15, -0.1) is 0 Å². The van der Waals surface area contributed by atoms with Crippen LogP contribution in [0, 0.1) is 17.0 Å². The van der Waals surface area contributed by atoms with Crippen LogP contribution in [0.2, 0.25) is 0 Å². The number of nitrogens with one attached hydrogen (secondary N) is 1. The van der Waals surface area contributed by atoms with Gasteiger partial charge in [-0.2, -0.15) is 11.8 Å². The number of rotatable bonds is 4. The lowest BCUT2D eigenvalue weighted by molar-refractivity contribution is -0.385. The Balaban J connectivity index is 2.93. The molecule has 0 heterocycles. The maximum absolute atomic E-state index is 11.3. The van der Waals surface area contributed by atoms with Crippen LogP contribution in [-0.4, -0.2) is 22.8 Å². The maximum atomic E-state index is 11.3. The molecule has 86 valence electrons. The predicted octanol–water partition coefficient (Wildman–Crippen LogP) is 2.20. The summed E-state index contributed by atoms with van der Waals surface area (Å²) in [7, 11) is 0. The molecule has 0 aliphatic carbocycles. The number of hydrogen-bond donors (Lipinski definition) is 1. The molecule has 0 aromatic heterocycles. The number of thioether (sulfide) groups is 1. The molecule has 1 N–H and O–H groups in total. The second-order valence-electron chi connectivity index (χ2n) is 3.19. The van der Waals surface area contributed by atoms with E-state index in [0.29, 0.717) is 17.0 Å². The van der Waals surface area contributed by atoms with Crippen molar-refractivity contribution in [2.45, 2.75) is 6.92 Å². The molecule has 0 saturated heterocycles. The van der Waals surface area contributed by atoms with E-state index < -0.39 is 4.92 Å². The first kappa shape index (κ1) is 12.5. The van der Waals surface area contributed by atoms with Crippen molar-refractivity contribution >= 4 is 29.0 Å². The molecule has 6 heteroatoms. The molecule has 0 unspecified atom stereocenters. The van der Waals surface area contributed by atoms with Crippen LogP contribution in [0.25, 0.3) is 0 Å². The fraction of sp³-hybridized carbons (Fsp3) is 0.300. The molecule has 0 atom stereocenters. The zero-order valence-corrected chi connectivity index (χ0v) is 9.84. The summed E-state index contributed by atoms with van der Waals surface area (Å²) in [6.45, 7) is 1.62. The number of hydrogen-bond acceptors (Lipinski definition) is 4. The van der Waals surface area contributed by atoms with Gasteiger partial charge in [0.05, 0.1) is 21.9 Å². The number of nitrogens with zero attached hydrogens (tertiary/aromatic N) is 1. The van der Waals surface area contributed by atoms with Crippen LogP contribution >= 0.6 is 11.8 Å². The molecule has 1 amide bonds. The lowest BCUT2D eigenvalue weighted by atomic mass is 10.1. The highest BCUT2D eigenvalue weighted by molar-refractivity contribution is 7.99. The molecule has 0 fully saturated rings. The molecule has 0 radical (unpaired) electrons. The first-order valence-corrected chi connectivity index (χ1v) is 5.98. The minimum absolute atomic E-state index is 0.0157. The van der Waals surface area contributed by atoms with Gasteiger partial charge in [-0.05, 0) is 19.2 Å². The summed E-state index contributed by atoms with van der Waals surface area (Å²) in [5, 5.41) is 13.3. The van der Waals surface area contributed by atoms with Gasteiger partial charge in [0, 0.05) is 6.07 Å². The van der Waals surface area contributed by atoms with Crippen molar-refractivity contribution in [3.63, 3.8) is 0 Å². The van der Waals surface area contributed by atoms with Crippen molar-refractivity contribution in [1.82, 2.24) is 0 Å². The summed E-state index contributed by atoms with van der Waals surface area (Å²) >= 11 is 1.40. The smallest absolute Gasteiger partial charge is 0.274 e. The number of nitro groups is 1. The fourth-order valence-electron chi connectivity index (χ4n) is 1.27. The molecule has 5 nitrogen and oxygen atoms in total. The topological polar surface area (TPSA) is 72.2 Å². The maximum Gasteiger partial charge on any atom is 0.274 e. The Hall–Kier alpha value is -1.56. The zero-order chi connectivity index (χ0) is 12.1. The van der Waals surface area contributed by atoms with Gasteiger partial charge in [-0.1, -0.05) is 6.07 Å². The molecule has 0 spiro atoms. The third kappa shape index (κ3) is 2.96. The van der Waals surface area contributed by atoms with Crippen LogP contribution in [0.15, 0.2) is 18.2 Å². The van der Waals surface area contributed by atoms with Crippen LogP contribution in [0.1, 0.15) is 5.56 Å². The quantitative estimate of drug-likeness (QED) is 0.647. The highest BCUT2D eigenvalue weighted by Crippen LogP contribution is 2.24. The van der Waals surface area contributed by atoms with Crippen molar-refractivity contribution in [3.05, 3.63) is 33.9 Å². The number of nitro benzene ring substituents is 1. The highest BCUT2D eigenvalue weighted by Gasteiger charge is 2.14. The molecule has 1 aromatic rings. The molecule has 0 aliphatic heterocycles. The summed E-state index contributed by atoms with van der Waals surface area (Å²) < 4.78 is 0. The Bertz CT molecular complexity index is 421. The van der Waals surface area contributed by atoms with E-state index in [4.69, 9.17) is 0 Å². The first-order valence-electron chi connectivity index (χ1n) is 4.59. The number of amides is 1. The molecule has 0 aliphatic rings. The lowest BCUT2D eigenvalue weighted by Crippen LogP contribution is -2.14. The zero-order valence-electron chi connectivity index (χ0n) is 9.02. The average molecular weight is 240 g/mol. The highest BCUT2D eigenvalue weighted by atomic mass is 32.2. The summed E-state index contributed by atoms with van der Waals surface area (Å²) in [5.41, 5.74) is 0.983. The Kier molecular flexibility index (Phi) is 4.30. The number of carbonyl (C=O) groups excluding carboxylic acids is 1. The Labute approximate surface area is 97.4 Å². The van der Waals surface area contributed by atoms with Gasteiger partial charge in [-0.3, -0.25) is 14.9 Å². The SMILES string of the molecule is CSCC(=O)Nc1cccc([N+](=O)[O-])c1C. The summed E-state index contributed by atoms with van der Waals surface area (Å²) in [6.07, 6.45) is 1.82. The van der Waals surface area contributed by atoms with Gasteiger partial charge in [0.2, 0.25) is 5.91 Å². The van der Waals surface area contributed by atoms with Crippen LogP contribution in [0.3, 0.4) is 0 Å². The van der Waals surface area contributed by atoms with Gasteiger partial charge in [0.15, 0.2) is 0 Å². The van der Waals surface area contributed by atoms with E-state index in [2.05, 4.69) is 5.32 Å². The van der Waals surface area contributed by atoms with E-state index in [-0.39, 0.29) is 11.6 Å². The number of carbonyl (C=O) groups is 1. The molecule has 16 heavy (non-hydrogen) atoms. The van der Waals surface area contributed by atoms with Crippen LogP contribution in [0.5, 0.6) is 0 Å². The van der Waals surface area contributed by atoms with Crippen LogP contribution in [-0.2, 0) is 4.79 Å². The second-order valence-corrected chi connectivity index (χ2v) is 4.05. The summed E-state index contributed by atoms with van der Waals surface area (Å²) in [5.74, 6) is 0.179. The molecule has 1 aromatic carbocycles. The van der Waals surface area contributed by atoms with Gasteiger partial charge < -0.3 is 5.32 Å². The monoisotopic (exact) mass is 240 g/mol. The molecular formula is C10H12N2O3S. The van der Waals surface area contributed by atoms with E-state index in [1.165, 1.54) is 17.8 Å². The van der Waals surface area contributed by atoms with Crippen LogP contribution in [0.4, 0.5) is 11.4 Å². The first-order chi connectivity index (χ1) is 7.56. The number of benzene rings is 1. The molecule has 1 rings (SSSR count). The van der Waals surface area contributed by atoms with Crippen LogP contribution < -0.4 is 5.32 Å². The Morgan fingerprint density at radius 2 is 2.25 bits per heavy atom. The lowest BCUT2D eigenvalue weighted by Gasteiger charge is -2.07. The summed E-state index contributed by atoms with van der Waals surface area (Å²) in [4.78, 5) is 21.6. The Morgan fingerprint density at radius 3 is 2.81 bits per heavy atom. The standard InChI is InChI=1S/C10H12N2O3S/c1-7-8(11-10(13)6-16-2)4-3-5-9(7)12(14)15/h3-5H,6H2,1-2H3,(H,11,13). The van der Waals surface area contributed by atoms with Crippen molar-refractivity contribution in [2.75, 3.05) is 17.3 Å². The minimum Gasteiger partial charge on any atom is -0.325 e. The van der Waals surface area contributed by atoms with Crippen molar-refractivity contribution < 1.29 is 9.72 Å². The second kappa shape index (κ2) is 5.50. The van der Waals surface area contributed by atoms with Gasteiger partial charge in [-0.25, -0.2) is 0 Å². The number of anilines is 1. The molecular weight excluding hydrogens is 228 g/mol. The molecule has 0 bridgehead atoms. The van der Waals surface area contributed by atoms with Gasteiger partial charge in [0.25, 0.3) is 5.69 Å². The summed E-state index contributed by atoms with van der Waals surface area (Å²) in [6, 6.07) is 4.62. The van der Waals surface area contributed by atoms with Crippen molar-refractivity contribution in [3.8, 4) is 0 Å². The van der Waals surface area contributed by atoms with Gasteiger partial charge in [0.1, 0.15) is 0 Å². The predicted molar refractivity (Wildman–Crippen MR) is 64.8 cm³/mol. The minimum atomic E-state index is -0.459. The van der Waals surface area contributed by atoms with Gasteiger partial charge >= 0.3 is 0 Å². The largest absolute Gasteiger partial charge is 0.325 e.